The Morgan fingerprint density at radius 1 is 1.35 bits per heavy atom. The summed E-state index contributed by atoms with van der Waals surface area (Å²) in [5.74, 6) is 0.932. The smallest absolute Gasteiger partial charge is 0.263 e. The molecule has 0 aromatic heterocycles. The average Bonchev–Trinajstić information content (AvgIpc) is 2.35. The van der Waals surface area contributed by atoms with Crippen molar-refractivity contribution in [1.29, 1.82) is 0 Å². The first kappa shape index (κ1) is 13.8. The third kappa shape index (κ3) is 4.27. The minimum Gasteiger partial charge on any atom is -0.268 e. The molecule has 17 heavy (non-hydrogen) atoms. The fraction of sp³-hybridized carbons (Fsp3) is 0.357. The molecule has 1 rings (SSSR count). The number of carbonyl (C=O) groups excluding carboxylic acids is 1. The van der Waals surface area contributed by atoms with E-state index in [-0.39, 0.29) is 5.91 Å². The van der Waals surface area contributed by atoms with Gasteiger partial charge in [-0.1, -0.05) is 38.1 Å². The lowest BCUT2D eigenvalue weighted by Crippen LogP contribution is -2.24. The van der Waals surface area contributed by atoms with Crippen LogP contribution >= 0.6 is 11.9 Å². The van der Waals surface area contributed by atoms with Crippen molar-refractivity contribution in [3.05, 3.63) is 42.5 Å². The first-order valence-corrected chi connectivity index (χ1v) is 6.79. The fourth-order valence-electron chi connectivity index (χ4n) is 1.29. The number of hydrogen-bond donors (Lipinski definition) is 0. The third-order valence-electron chi connectivity index (χ3n) is 2.26. The summed E-state index contributed by atoms with van der Waals surface area (Å²) in [7, 11) is 0. The lowest BCUT2D eigenvalue weighted by Gasteiger charge is -2.21. The summed E-state index contributed by atoms with van der Waals surface area (Å²) in [6.07, 6.45) is 2.24. The summed E-state index contributed by atoms with van der Waals surface area (Å²) >= 11 is 1.56. The van der Waals surface area contributed by atoms with Gasteiger partial charge < -0.3 is 0 Å². The Balaban J connectivity index is 2.79. The van der Waals surface area contributed by atoms with Gasteiger partial charge in [-0.15, -0.1) is 0 Å². The molecule has 0 aliphatic carbocycles. The van der Waals surface area contributed by atoms with Crippen LogP contribution in [0.2, 0.25) is 0 Å². The van der Waals surface area contributed by atoms with Gasteiger partial charge in [0, 0.05) is 11.3 Å². The maximum Gasteiger partial charge on any atom is 0.263 e. The predicted molar refractivity (Wildman–Crippen MR) is 76.1 cm³/mol. The van der Waals surface area contributed by atoms with Crippen LogP contribution in [-0.4, -0.2) is 11.7 Å². The van der Waals surface area contributed by atoms with Crippen molar-refractivity contribution in [1.82, 2.24) is 0 Å². The van der Waals surface area contributed by atoms with Gasteiger partial charge in [0.1, 0.15) is 0 Å². The summed E-state index contributed by atoms with van der Waals surface area (Å²) in [4.78, 5) is 12.0. The molecule has 1 aromatic carbocycles. The molecule has 0 heterocycles. The SMILES string of the molecule is C=C(C)C(=O)N(SCCCC)c1ccccc1. The van der Waals surface area contributed by atoms with Crippen LogP contribution in [0, 0.1) is 0 Å². The highest BCUT2D eigenvalue weighted by Crippen LogP contribution is 2.24. The van der Waals surface area contributed by atoms with Crippen LogP contribution in [0.1, 0.15) is 26.7 Å². The van der Waals surface area contributed by atoms with Gasteiger partial charge in [-0.25, -0.2) is 0 Å². The van der Waals surface area contributed by atoms with Crippen LogP contribution in [0.5, 0.6) is 0 Å². The van der Waals surface area contributed by atoms with E-state index in [0.717, 1.165) is 24.3 Å². The molecule has 1 aromatic rings. The number of carbonyl (C=O) groups is 1. The second-order valence-corrected chi connectivity index (χ2v) is 4.93. The van der Waals surface area contributed by atoms with Crippen LogP contribution < -0.4 is 4.31 Å². The minimum atomic E-state index is -0.0164. The Labute approximate surface area is 108 Å². The maximum atomic E-state index is 12.0. The van der Waals surface area contributed by atoms with E-state index < -0.39 is 0 Å². The first-order chi connectivity index (χ1) is 8.16. The zero-order valence-corrected chi connectivity index (χ0v) is 11.3. The predicted octanol–water partition coefficient (Wildman–Crippen LogP) is 4.04. The fourth-order valence-corrected chi connectivity index (χ4v) is 2.43. The van der Waals surface area contributed by atoms with Crippen LogP contribution in [-0.2, 0) is 4.79 Å². The van der Waals surface area contributed by atoms with Crippen molar-refractivity contribution in [2.45, 2.75) is 26.7 Å². The minimum absolute atomic E-state index is 0.0164. The lowest BCUT2D eigenvalue weighted by molar-refractivity contribution is -0.113. The Hall–Kier alpha value is -1.22. The van der Waals surface area contributed by atoms with E-state index in [1.54, 1.807) is 23.2 Å². The Morgan fingerprint density at radius 2 is 2.00 bits per heavy atom. The zero-order valence-electron chi connectivity index (χ0n) is 10.5. The molecule has 0 aliphatic heterocycles. The molecule has 2 nitrogen and oxygen atoms in total. The number of para-hydroxylation sites is 1. The number of hydrogen-bond acceptors (Lipinski definition) is 2. The normalized spacial score (nSPS) is 10.0. The highest BCUT2D eigenvalue weighted by atomic mass is 32.2. The van der Waals surface area contributed by atoms with E-state index in [4.69, 9.17) is 0 Å². The molecule has 0 atom stereocenters. The summed E-state index contributed by atoms with van der Waals surface area (Å²) in [6, 6.07) is 9.71. The van der Waals surface area contributed by atoms with Gasteiger partial charge in [0.15, 0.2) is 0 Å². The first-order valence-electron chi connectivity index (χ1n) is 5.84. The molecule has 0 bridgehead atoms. The monoisotopic (exact) mass is 249 g/mol. The molecule has 0 saturated heterocycles. The van der Waals surface area contributed by atoms with E-state index in [0.29, 0.717) is 5.57 Å². The Morgan fingerprint density at radius 3 is 2.53 bits per heavy atom. The molecule has 1 amide bonds. The summed E-state index contributed by atoms with van der Waals surface area (Å²) < 4.78 is 1.73. The second-order valence-electron chi connectivity index (χ2n) is 3.90. The van der Waals surface area contributed by atoms with Crippen molar-refractivity contribution < 1.29 is 4.79 Å². The number of amides is 1. The highest BCUT2D eigenvalue weighted by molar-refractivity contribution is 8.01. The van der Waals surface area contributed by atoms with Gasteiger partial charge in [0.25, 0.3) is 5.91 Å². The molecular formula is C14H19NOS. The molecule has 0 radical (unpaired) electrons. The van der Waals surface area contributed by atoms with Gasteiger partial charge in [-0.2, -0.15) is 0 Å². The molecule has 0 N–H and O–H groups in total. The Kier molecular flexibility index (Phi) is 5.84. The molecule has 0 fully saturated rings. The second kappa shape index (κ2) is 7.17. The number of unbranched alkanes of at least 4 members (excludes halogenated alkanes) is 1. The van der Waals surface area contributed by atoms with Crippen molar-refractivity contribution in [2.24, 2.45) is 0 Å². The zero-order chi connectivity index (χ0) is 12.7. The number of rotatable bonds is 6. The van der Waals surface area contributed by atoms with Gasteiger partial charge in [0.05, 0.1) is 5.69 Å². The van der Waals surface area contributed by atoms with Crippen molar-refractivity contribution in [3.63, 3.8) is 0 Å². The van der Waals surface area contributed by atoms with Gasteiger partial charge in [-0.05, 0) is 37.4 Å². The molecule has 0 saturated carbocycles. The molecule has 0 unspecified atom stereocenters. The van der Waals surface area contributed by atoms with Crippen LogP contribution in [0.25, 0.3) is 0 Å². The van der Waals surface area contributed by atoms with Crippen molar-refractivity contribution in [3.8, 4) is 0 Å². The summed E-state index contributed by atoms with van der Waals surface area (Å²) in [5, 5.41) is 0. The topological polar surface area (TPSA) is 20.3 Å². The van der Waals surface area contributed by atoms with E-state index in [2.05, 4.69) is 13.5 Å². The van der Waals surface area contributed by atoms with E-state index >= 15 is 0 Å². The standard InChI is InChI=1S/C14H19NOS/c1-4-5-11-17-15(14(16)12(2)3)13-9-7-6-8-10-13/h6-10H,2,4-5,11H2,1,3H3. The van der Waals surface area contributed by atoms with Crippen molar-refractivity contribution in [2.75, 3.05) is 10.1 Å². The molecule has 0 spiro atoms. The van der Waals surface area contributed by atoms with Crippen LogP contribution in [0.15, 0.2) is 42.5 Å². The van der Waals surface area contributed by atoms with Crippen molar-refractivity contribution >= 4 is 23.5 Å². The van der Waals surface area contributed by atoms with E-state index in [9.17, 15) is 4.79 Å². The highest BCUT2D eigenvalue weighted by Gasteiger charge is 2.16. The third-order valence-corrected chi connectivity index (χ3v) is 3.36. The average molecular weight is 249 g/mol. The maximum absolute atomic E-state index is 12.0. The van der Waals surface area contributed by atoms with Gasteiger partial charge in [0.2, 0.25) is 0 Å². The van der Waals surface area contributed by atoms with Crippen LogP contribution in [0.4, 0.5) is 5.69 Å². The molecule has 0 aliphatic rings. The lowest BCUT2D eigenvalue weighted by atomic mass is 10.3. The van der Waals surface area contributed by atoms with Gasteiger partial charge in [-0.3, -0.25) is 9.10 Å². The Bertz CT molecular complexity index is 375. The quantitative estimate of drug-likeness (QED) is 0.431. The number of benzene rings is 1. The molecular weight excluding hydrogens is 230 g/mol. The van der Waals surface area contributed by atoms with Crippen LogP contribution in [0.3, 0.4) is 0 Å². The molecule has 3 heteroatoms. The van der Waals surface area contributed by atoms with E-state index in [1.807, 2.05) is 30.3 Å². The summed E-state index contributed by atoms with van der Waals surface area (Å²) in [5.41, 5.74) is 1.49. The molecule has 92 valence electrons. The number of nitrogens with zero attached hydrogens (tertiary/aromatic N) is 1. The van der Waals surface area contributed by atoms with Gasteiger partial charge >= 0.3 is 0 Å². The number of anilines is 1. The summed E-state index contributed by atoms with van der Waals surface area (Å²) in [6.45, 7) is 7.62. The van der Waals surface area contributed by atoms with E-state index in [1.165, 1.54) is 0 Å². The largest absolute Gasteiger partial charge is 0.268 e.